The largest absolute Gasteiger partial charge is 0.279 e. The smallest absolute Gasteiger partial charge is 0.260 e. The first-order chi connectivity index (χ1) is 18.3. The molecular weight excluding hydrogens is 525 g/mol. The van der Waals surface area contributed by atoms with Crippen molar-refractivity contribution in [2.45, 2.75) is 24.3 Å². The fourth-order valence-corrected chi connectivity index (χ4v) is 6.21. The molecule has 0 saturated heterocycles. The van der Waals surface area contributed by atoms with E-state index in [4.69, 9.17) is 10.5 Å². The van der Waals surface area contributed by atoms with Gasteiger partial charge in [0.1, 0.15) is 11.3 Å². The van der Waals surface area contributed by atoms with Crippen molar-refractivity contribution in [3.8, 4) is 12.1 Å². The summed E-state index contributed by atoms with van der Waals surface area (Å²) in [5.74, 6) is -0.910. The summed E-state index contributed by atoms with van der Waals surface area (Å²) in [6.45, 7) is 0.0949. The third-order valence-electron chi connectivity index (χ3n) is 5.70. The van der Waals surface area contributed by atoms with Gasteiger partial charge < -0.3 is 0 Å². The Hall–Kier alpha value is -4.16. The van der Waals surface area contributed by atoms with Gasteiger partial charge in [0, 0.05) is 31.5 Å². The van der Waals surface area contributed by atoms with Crippen LogP contribution < -0.4 is 4.90 Å². The highest BCUT2D eigenvalue weighted by Crippen LogP contribution is 2.32. The van der Waals surface area contributed by atoms with E-state index in [2.05, 4.69) is 4.98 Å². The standard InChI is InChI=1S/C27H22FN5O3S2/c28-23-9-4-10-24-25(23)31-27(37-24)33(19-20-7-2-1-3-8-20)26(34)21-11-13-22(14-12-21)38(35,36)32(17-5-15-29)18-6-16-30/h1-4,7-14H,5-6,17-19H2. The molecule has 1 aromatic heterocycles. The number of halogens is 1. The van der Waals surface area contributed by atoms with Gasteiger partial charge in [-0.15, -0.1) is 0 Å². The molecule has 0 aliphatic carbocycles. The Kier molecular flexibility index (Phi) is 8.44. The van der Waals surface area contributed by atoms with Crippen LogP contribution in [-0.4, -0.2) is 36.7 Å². The predicted octanol–water partition coefficient (Wildman–Crippen LogP) is 5.10. The van der Waals surface area contributed by atoms with Crippen LogP contribution in [0.4, 0.5) is 9.52 Å². The Labute approximate surface area is 223 Å². The Bertz CT molecular complexity index is 1610. The highest BCUT2D eigenvalue weighted by molar-refractivity contribution is 7.89. The van der Waals surface area contributed by atoms with Crippen molar-refractivity contribution in [1.82, 2.24) is 9.29 Å². The third-order valence-corrected chi connectivity index (χ3v) is 8.66. The summed E-state index contributed by atoms with van der Waals surface area (Å²) in [7, 11) is -3.98. The minimum atomic E-state index is -3.98. The van der Waals surface area contributed by atoms with E-state index in [-0.39, 0.29) is 48.5 Å². The number of aromatic nitrogens is 1. The number of hydrogen-bond acceptors (Lipinski definition) is 7. The number of para-hydroxylation sites is 1. The molecule has 38 heavy (non-hydrogen) atoms. The van der Waals surface area contributed by atoms with Crippen molar-refractivity contribution in [2.24, 2.45) is 0 Å². The Morgan fingerprint density at radius 2 is 1.58 bits per heavy atom. The van der Waals surface area contributed by atoms with Gasteiger partial charge >= 0.3 is 0 Å². The number of nitrogens with zero attached hydrogens (tertiary/aromatic N) is 5. The van der Waals surface area contributed by atoms with Gasteiger partial charge in [-0.2, -0.15) is 14.8 Å². The second-order valence-corrected chi connectivity index (χ2v) is 11.2. The molecule has 1 amide bonds. The number of anilines is 1. The third kappa shape index (κ3) is 5.87. The van der Waals surface area contributed by atoms with E-state index >= 15 is 0 Å². The lowest BCUT2D eigenvalue weighted by Gasteiger charge is -2.21. The second-order valence-electron chi connectivity index (χ2n) is 8.20. The van der Waals surface area contributed by atoms with E-state index in [0.717, 1.165) is 9.87 Å². The maximum atomic E-state index is 14.3. The fraction of sp³-hybridized carbons (Fsp3) is 0.185. The molecule has 11 heteroatoms. The summed E-state index contributed by atoms with van der Waals surface area (Å²) in [4.78, 5) is 19.4. The van der Waals surface area contributed by atoms with Gasteiger partial charge in [0.05, 0.1) is 28.3 Å². The molecule has 0 radical (unpaired) electrons. The first kappa shape index (κ1) is 26.9. The molecule has 0 spiro atoms. The SMILES string of the molecule is N#CCCN(CCC#N)S(=O)(=O)c1ccc(C(=O)N(Cc2ccccc2)c2nc3c(F)cccc3s2)cc1. The molecule has 0 bridgehead atoms. The molecule has 1 heterocycles. The highest BCUT2D eigenvalue weighted by atomic mass is 32.2. The zero-order chi connectivity index (χ0) is 27.1. The molecular formula is C27H22FN5O3S2. The lowest BCUT2D eigenvalue weighted by Crippen LogP contribution is -2.33. The van der Waals surface area contributed by atoms with E-state index in [0.29, 0.717) is 9.83 Å². The number of hydrogen-bond donors (Lipinski definition) is 0. The molecule has 4 aromatic rings. The number of carbonyl (C=O) groups excluding carboxylic acids is 1. The fourth-order valence-electron chi connectivity index (χ4n) is 3.79. The first-order valence-corrected chi connectivity index (χ1v) is 13.9. The van der Waals surface area contributed by atoms with Gasteiger partial charge in [-0.25, -0.2) is 17.8 Å². The van der Waals surface area contributed by atoms with Crippen molar-refractivity contribution in [2.75, 3.05) is 18.0 Å². The number of fused-ring (bicyclic) bond motifs is 1. The minimum Gasteiger partial charge on any atom is -0.279 e. The number of amides is 1. The molecule has 192 valence electrons. The minimum absolute atomic E-state index is 0.0154. The summed E-state index contributed by atoms with van der Waals surface area (Å²) in [5, 5.41) is 18.1. The summed E-state index contributed by atoms with van der Waals surface area (Å²) >= 11 is 1.19. The van der Waals surface area contributed by atoms with Crippen LogP contribution in [-0.2, 0) is 16.6 Å². The maximum absolute atomic E-state index is 14.3. The number of rotatable bonds is 10. The molecule has 3 aromatic carbocycles. The molecule has 0 N–H and O–H groups in total. The lowest BCUT2D eigenvalue weighted by molar-refractivity contribution is 0.0985. The summed E-state index contributed by atoms with van der Waals surface area (Å²) in [6.07, 6.45) is -0.0309. The van der Waals surface area contributed by atoms with E-state index in [1.165, 1.54) is 46.6 Å². The monoisotopic (exact) mass is 547 g/mol. The number of carbonyl (C=O) groups is 1. The Morgan fingerprint density at radius 1 is 0.921 bits per heavy atom. The van der Waals surface area contributed by atoms with E-state index in [1.54, 1.807) is 12.1 Å². The molecule has 0 fully saturated rings. The van der Waals surface area contributed by atoms with Crippen LogP contribution in [0.1, 0.15) is 28.8 Å². The van der Waals surface area contributed by atoms with Crippen LogP contribution in [0.3, 0.4) is 0 Å². The van der Waals surface area contributed by atoms with Crippen molar-refractivity contribution in [1.29, 1.82) is 10.5 Å². The van der Waals surface area contributed by atoms with E-state index < -0.39 is 21.7 Å². The average molecular weight is 548 g/mol. The van der Waals surface area contributed by atoms with Crippen molar-refractivity contribution in [3.05, 3.63) is 89.7 Å². The number of sulfonamides is 1. The molecule has 4 rings (SSSR count). The zero-order valence-corrected chi connectivity index (χ0v) is 21.8. The van der Waals surface area contributed by atoms with E-state index in [9.17, 15) is 17.6 Å². The first-order valence-electron chi connectivity index (χ1n) is 11.6. The molecule has 0 atom stereocenters. The van der Waals surface area contributed by atoms with Crippen LogP contribution in [0.25, 0.3) is 10.2 Å². The van der Waals surface area contributed by atoms with Crippen LogP contribution >= 0.6 is 11.3 Å². The summed E-state index contributed by atoms with van der Waals surface area (Å²) in [6, 6.07) is 23.2. The highest BCUT2D eigenvalue weighted by Gasteiger charge is 2.26. The van der Waals surface area contributed by atoms with Gasteiger partial charge in [0.15, 0.2) is 5.13 Å². The van der Waals surface area contributed by atoms with Gasteiger partial charge in [-0.05, 0) is 42.0 Å². The van der Waals surface area contributed by atoms with Crippen LogP contribution in [0.5, 0.6) is 0 Å². The van der Waals surface area contributed by atoms with Gasteiger partial charge in [0.2, 0.25) is 10.0 Å². The van der Waals surface area contributed by atoms with E-state index in [1.807, 2.05) is 42.5 Å². The summed E-state index contributed by atoms with van der Waals surface area (Å²) < 4.78 is 42.3. The molecule has 0 unspecified atom stereocenters. The Morgan fingerprint density at radius 3 is 2.18 bits per heavy atom. The average Bonchev–Trinajstić information content (AvgIpc) is 3.37. The number of thiazole rings is 1. The lowest BCUT2D eigenvalue weighted by atomic mass is 10.1. The predicted molar refractivity (Wildman–Crippen MR) is 142 cm³/mol. The molecule has 0 saturated carbocycles. The van der Waals surface area contributed by atoms with Gasteiger partial charge in [-0.1, -0.05) is 47.7 Å². The second kappa shape index (κ2) is 11.9. The van der Waals surface area contributed by atoms with Crippen LogP contribution in [0.15, 0.2) is 77.7 Å². The molecule has 0 aliphatic rings. The number of benzene rings is 3. The van der Waals surface area contributed by atoms with Crippen molar-refractivity contribution >= 4 is 42.6 Å². The van der Waals surface area contributed by atoms with Crippen molar-refractivity contribution in [3.63, 3.8) is 0 Å². The van der Waals surface area contributed by atoms with Crippen LogP contribution in [0.2, 0.25) is 0 Å². The number of nitriles is 2. The maximum Gasteiger partial charge on any atom is 0.260 e. The topological polar surface area (TPSA) is 118 Å². The Balaban J connectivity index is 1.67. The molecule has 0 aliphatic heterocycles. The van der Waals surface area contributed by atoms with Crippen LogP contribution in [0, 0.1) is 28.5 Å². The van der Waals surface area contributed by atoms with Crippen molar-refractivity contribution < 1.29 is 17.6 Å². The molecule has 8 nitrogen and oxygen atoms in total. The van der Waals surface area contributed by atoms with Gasteiger partial charge in [0.25, 0.3) is 5.91 Å². The zero-order valence-electron chi connectivity index (χ0n) is 20.1. The summed E-state index contributed by atoms with van der Waals surface area (Å²) in [5.41, 5.74) is 1.24. The quantitative estimate of drug-likeness (QED) is 0.273. The normalized spacial score (nSPS) is 11.3. The van der Waals surface area contributed by atoms with Gasteiger partial charge in [-0.3, -0.25) is 9.69 Å².